The Morgan fingerprint density at radius 1 is 1.60 bits per heavy atom. The van der Waals surface area contributed by atoms with E-state index in [1.165, 1.54) is 6.42 Å². The van der Waals surface area contributed by atoms with Crippen molar-refractivity contribution in [3.05, 3.63) is 0 Å². The number of hydrogen-bond acceptors (Lipinski definition) is 3. The van der Waals surface area contributed by atoms with Crippen molar-refractivity contribution in [2.75, 3.05) is 13.1 Å². The zero-order valence-corrected chi connectivity index (χ0v) is 9.68. The maximum Gasteiger partial charge on any atom is 0.238 e. The Morgan fingerprint density at radius 2 is 2.40 bits per heavy atom. The van der Waals surface area contributed by atoms with Crippen molar-refractivity contribution in [1.82, 2.24) is 15.8 Å². The van der Waals surface area contributed by atoms with Crippen LogP contribution in [0.15, 0.2) is 0 Å². The lowest BCUT2D eigenvalue weighted by molar-refractivity contribution is -0.132. The largest absolute Gasteiger partial charge is 0.315 e. The van der Waals surface area contributed by atoms with Gasteiger partial charge in [0.15, 0.2) is 0 Å². The van der Waals surface area contributed by atoms with Crippen molar-refractivity contribution in [1.29, 1.82) is 0 Å². The predicted molar refractivity (Wildman–Crippen MR) is 59.2 cm³/mol. The number of hydrazine groups is 1. The van der Waals surface area contributed by atoms with E-state index in [4.69, 9.17) is 0 Å². The molecule has 0 bridgehead atoms. The van der Waals surface area contributed by atoms with E-state index >= 15 is 0 Å². The molecule has 4 nitrogen and oxygen atoms in total. The third-order valence-electron chi connectivity index (χ3n) is 3.62. The third-order valence-corrected chi connectivity index (χ3v) is 3.62. The summed E-state index contributed by atoms with van der Waals surface area (Å²) in [6.45, 7) is 6.27. The number of nitrogens with zero attached hydrogens (tertiary/aromatic N) is 1. The highest BCUT2D eigenvalue weighted by atomic mass is 16.2. The Kier molecular flexibility index (Phi) is 2.98. The number of piperidine rings is 1. The summed E-state index contributed by atoms with van der Waals surface area (Å²) in [4.78, 5) is 11.9. The molecule has 4 heteroatoms. The topological polar surface area (TPSA) is 44.4 Å². The molecule has 2 saturated heterocycles. The second kappa shape index (κ2) is 4.10. The van der Waals surface area contributed by atoms with Crippen LogP contribution in [0.25, 0.3) is 0 Å². The quantitative estimate of drug-likeness (QED) is 0.704. The average molecular weight is 211 g/mol. The van der Waals surface area contributed by atoms with Gasteiger partial charge in [-0.3, -0.25) is 9.80 Å². The molecule has 2 heterocycles. The van der Waals surface area contributed by atoms with Gasteiger partial charge in [0.05, 0.1) is 6.04 Å². The Hall–Kier alpha value is -0.610. The molecule has 2 atom stereocenters. The monoisotopic (exact) mass is 211 g/mol. The highest BCUT2D eigenvalue weighted by Gasteiger charge is 2.40. The maximum atomic E-state index is 11.9. The highest BCUT2D eigenvalue weighted by molar-refractivity contribution is 5.79. The van der Waals surface area contributed by atoms with Crippen LogP contribution < -0.4 is 10.7 Å². The molecule has 2 aliphatic heterocycles. The fraction of sp³-hybridized carbons (Fsp3) is 0.909. The first-order chi connectivity index (χ1) is 7.14. The van der Waals surface area contributed by atoms with Crippen molar-refractivity contribution >= 4 is 5.91 Å². The van der Waals surface area contributed by atoms with Crippen LogP contribution in [0.4, 0.5) is 0 Å². The summed E-state index contributed by atoms with van der Waals surface area (Å²) in [7, 11) is 0. The zero-order chi connectivity index (χ0) is 10.9. The van der Waals surface area contributed by atoms with Gasteiger partial charge in [0.25, 0.3) is 0 Å². The second-order valence-corrected chi connectivity index (χ2v) is 4.97. The normalized spacial score (nSPS) is 37.3. The van der Waals surface area contributed by atoms with Gasteiger partial charge in [-0.25, -0.2) is 5.43 Å². The molecule has 0 radical (unpaired) electrons. The van der Waals surface area contributed by atoms with Gasteiger partial charge in [0.1, 0.15) is 0 Å². The average Bonchev–Trinajstić information content (AvgIpc) is 2.57. The summed E-state index contributed by atoms with van der Waals surface area (Å²) in [6.07, 6.45) is 3.92. The van der Waals surface area contributed by atoms with Crippen LogP contribution in [-0.4, -0.2) is 35.6 Å². The minimum absolute atomic E-state index is 0.0193. The number of amides is 1. The molecule has 86 valence electrons. The summed E-state index contributed by atoms with van der Waals surface area (Å²) in [5.74, 6) is 0.257. The Labute approximate surface area is 91.4 Å². The van der Waals surface area contributed by atoms with Gasteiger partial charge < -0.3 is 5.32 Å². The molecule has 2 N–H and O–H groups in total. The molecule has 2 aliphatic rings. The fourth-order valence-electron chi connectivity index (χ4n) is 2.36. The van der Waals surface area contributed by atoms with Crippen molar-refractivity contribution < 1.29 is 4.79 Å². The first kappa shape index (κ1) is 10.9. The molecule has 0 spiro atoms. The first-order valence-electron chi connectivity index (χ1n) is 5.95. The SMILES string of the molecule is CCC1(C)CC(=O)N(C2CCCNC2)N1. The van der Waals surface area contributed by atoms with E-state index in [-0.39, 0.29) is 11.4 Å². The van der Waals surface area contributed by atoms with Crippen LogP contribution in [0.5, 0.6) is 0 Å². The molecular weight excluding hydrogens is 190 g/mol. The van der Waals surface area contributed by atoms with Crippen LogP contribution in [0.1, 0.15) is 39.5 Å². The van der Waals surface area contributed by atoms with Gasteiger partial charge >= 0.3 is 0 Å². The molecule has 2 fully saturated rings. The van der Waals surface area contributed by atoms with E-state index < -0.39 is 0 Å². The summed E-state index contributed by atoms with van der Waals surface area (Å²) in [5, 5.41) is 5.21. The van der Waals surface area contributed by atoms with Gasteiger partial charge in [-0.2, -0.15) is 0 Å². The number of carbonyl (C=O) groups excluding carboxylic acids is 1. The van der Waals surface area contributed by atoms with E-state index in [0.29, 0.717) is 12.5 Å². The van der Waals surface area contributed by atoms with Gasteiger partial charge in [0, 0.05) is 18.5 Å². The lowest BCUT2D eigenvalue weighted by Crippen LogP contribution is -2.53. The molecule has 2 rings (SSSR count). The summed E-state index contributed by atoms with van der Waals surface area (Å²) in [5.41, 5.74) is 3.36. The van der Waals surface area contributed by atoms with E-state index in [2.05, 4.69) is 24.6 Å². The predicted octanol–water partition coefficient (Wildman–Crippen LogP) is 0.644. The minimum Gasteiger partial charge on any atom is -0.315 e. The molecule has 0 aromatic carbocycles. The van der Waals surface area contributed by atoms with E-state index in [1.807, 2.05) is 5.01 Å². The van der Waals surface area contributed by atoms with Gasteiger partial charge in [-0.05, 0) is 32.7 Å². The molecule has 0 aromatic heterocycles. The Balaban J connectivity index is 2.01. The van der Waals surface area contributed by atoms with Crippen molar-refractivity contribution in [2.24, 2.45) is 0 Å². The Morgan fingerprint density at radius 3 is 2.93 bits per heavy atom. The number of carbonyl (C=O) groups is 1. The number of rotatable bonds is 2. The zero-order valence-electron chi connectivity index (χ0n) is 9.68. The van der Waals surface area contributed by atoms with Gasteiger partial charge in [-0.15, -0.1) is 0 Å². The van der Waals surface area contributed by atoms with E-state index in [0.717, 1.165) is 25.9 Å². The van der Waals surface area contributed by atoms with Crippen molar-refractivity contribution in [3.63, 3.8) is 0 Å². The summed E-state index contributed by atoms with van der Waals surface area (Å²) < 4.78 is 0. The second-order valence-electron chi connectivity index (χ2n) is 4.97. The molecule has 2 unspecified atom stereocenters. The highest BCUT2D eigenvalue weighted by Crippen LogP contribution is 2.25. The molecule has 15 heavy (non-hydrogen) atoms. The maximum absolute atomic E-state index is 11.9. The fourth-order valence-corrected chi connectivity index (χ4v) is 2.36. The lowest BCUT2D eigenvalue weighted by Gasteiger charge is -2.33. The molecule has 0 aliphatic carbocycles. The van der Waals surface area contributed by atoms with Crippen LogP contribution in [0.2, 0.25) is 0 Å². The van der Waals surface area contributed by atoms with E-state index in [1.54, 1.807) is 0 Å². The minimum atomic E-state index is -0.0193. The van der Waals surface area contributed by atoms with Gasteiger partial charge in [0.2, 0.25) is 5.91 Å². The smallest absolute Gasteiger partial charge is 0.238 e. The molecule has 1 amide bonds. The van der Waals surface area contributed by atoms with Gasteiger partial charge in [-0.1, -0.05) is 6.92 Å². The third kappa shape index (κ3) is 2.16. The number of nitrogens with one attached hydrogen (secondary N) is 2. The van der Waals surface area contributed by atoms with Crippen LogP contribution in [0, 0.1) is 0 Å². The van der Waals surface area contributed by atoms with Crippen LogP contribution >= 0.6 is 0 Å². The Bertz CT molecular complexity index is 250. The van der Waals surface area contributed by atoms with Crippen LogP contribution in [0.3, 0.4) is 0 Å². The van der Waals surface area contributed by atoms with E-state index in [9.17, 15) is 4.79 Å². The van der Waals surface area contributed by atoms with Crippen molar-refractivity contribution in [2.45, 2.75) is 51.1 Å². The standard InChI is InChI=1S/C11H21N3O/c1-3-11(2)7-10(15)14(13-11)9-5-4-6-12-8-9/h9,12-13H,3-8H2,1-2H3. The van der Waals surface area contributed by atoms with Crippen LogP contribution in [-0.2, 0) is 4.79 Å². The summed E-state index contributed by atoms with van der Waals surface area (Å²) >= 11 is 0. The molecule has 0 saturated carbocycles. The van der Waals surface area contributed by atoms with Crippen molar-refractivity contribution in [3.8, 4) is 0 Å². The first-order valence-corrected chi connectivity index (χ1v) is 5.95. The molecule has 0 aromatic rings. The number of hydrogen-bond donors (Lipinski definition) is 2. The lowest BCUT2D eigenvalue weighted by atomic mass is 9.97. The summed E-state index contributed by atoms with van der Waals surface area (Å²) in [6, 6.07) is 0.347. The molecular formula is C11H21N3O.